The summed E-state index contributed by atoms with van der Waals surface area (Å²) >= 11 is 0. The smallest absolute Gasteiger partial charge is 0.367 e. The molecule has 0 aliphatic heterocycles. The second-order valence-corrected chi connectivity index (χ2v) is 3.16. The summed E-state index contributed by atoms with van der Waals surface area (Å²) in [4.78, 5) is 15.2. The van der Waals surface area contributed by atoms with Gasteiger partial charge in [-0.2, -0.15) is 4.98 Å². The Balaban J connectivity index is 2.44. The van der Waals surface area contributed by atoms with E-state index in [1.54, 1.807) is 6.07 Å². The number of hydrogen-bond donors (Lipinski definition) is 2. The van der Waals surface area contributed by atoms with Gasteiger partial charge in [-0.15, -0.1) is 0 Å². The van der Waals surface area contributed by atoms with Gasteiger partial charge in [0.05, 0.1) is 11.0 Å². The fraction of sp³-hybridized carbons (Fsp3) is 0. The van der Waals surface area contributed by atoms with Crippen molar-refractivity contribution < 1.29 is 14.0 Å². The maximum Gasteiger partial charge on any atom is 0.367 e. The molecule has 2 N–H and O–H groups in total. The molecule has 0 saturated heterocycles. The van der Waals surface area contributed by atoms with Gasteiger partial charge >= 0.3 is 14.3 Å². The van der Waals surface area contributed by atoms with Crippen molar-refractivity contribution in [3.63, 3.8) is 0 Å². The topological polar surface area (TPSA) is 75.2 Å². The number of nitrogens with zero attached hydrogens (tertiary/aromatic N) is 1. The van der Waals surface area contributed by atoms with Gasteiger partial charge in [0.1, 0.15) is 0 Å². The van der Waals surface area contributed by atoms with E-state index in [4.69, 9.17) is 4.89 Å². The Morgan fingerprint density at radius 2 is 2.23 bits per heavy atom. The van der Waals surface area contributed by atoms with E-state index in [2.05, 4.69) is 14.5 Å². The van der Waals surface area contributed by atoms with Crippen LogP contribution in [0.2, 0.25) is 0 Å². The minimum atomic E-state index is -2.98. The van der Waals surface area contributed by atoms with Gasteiger partial charge in [-0.3, -0.25) is 0 Å². The van der Waals surface area contributed by atoms with Crippen molar-refractivity contribution in [2.75, 3.05) is 0 Å². The highest BCUT2D eigenvalue weighted by atomic mass is 31.1. The third kappa shape index (κ3) is 1.71. The first-order chi connectivity index (χ1) is 6.25. The van der Waals surface area contributed by atoms with E-state index in [1.165, 1.54) is 0 Å². The maximum atomic E-state index is 10.3. The highest BCUT2D eigenvalue weighted by Crippen LogP contribution is 2.22. The summed E-state index contributed by atoms with van der Waals surface area (Å²) in [5.74, 6) is 0. The summed E-state index contributed by atoms with van der Waals surface area (Å²) in [6.07, 6.45) is 0. The van der Waals surface area contributed by atoms with Crippen molar-refractivity contribution in [1.29, 1.82) is 0 Å². The summed E-state index contributed by atoms with van der Waals surface area (Å²) in [5.41, 5.74) is 1.49. The molecule has 0 bridgehead atoms. The molecule has 1 unspecified atom stereocenters. The van der Waals surface area contributed by atoms with Crippen LogP contribution in [0.15, 0.2) is 24.3 Å². The van der Waals surface area contributed by atoms with Crippen molar-refractivity contribution in [2.24, 2.45) is 0 Å². The van der Waals surface area contributed by atoms with E-state index in [-0.39, 0.29) is 6.01 Å². The molecule has 13 heavy (non-hydrogen) atoms. The number of aromatic nitrogens is 2. The van der Waals surface area contributed by atoms with Gasteiger partial charge in [0.2, 0.25) is 0 Å². The molecular weight excluding hydrogens is 191 g/mol. The van der Waals surface area contributed by atoms with Crippen LogP contribution in [0.4, 0.5) is 0 Å². The number of hydrogen-bond acceptors (Lipinski definition) is 3. The lowest BCUT2D eigenvalue weighted by Crippen LogP contribution is -1.80. The molecule has 0 spiro atoms. The molecule has 68 valence electrons. The molecule has 0 amide bonds. The monoisotopic (exact) mass is 198 g/mol. The van der Waals surface area contributed by atoms with Crippen LogP contribution in [-0.4, -0.2) is 14.9 Å². The van der Waals surface area contributed by atoms with Crippen molar-refractivity contribution in [3.8, 4) is 6.01 Å². The van der Waals surface area contributed by atoms with Gasteiger partial charge in [0.15, 0.2) is 0 Å². The molecule has 1 aromatic carbocycles. The quantitative estimate of drug-likeness (QED) is 0.713. The summed E-state index contributed by atoms with van der Waals surface area (Å²) in [5, 5.41) is 0. The van der Waals surface area contributed by atoms with Crippen LogP contribution in [0.5, 0.6) is 6.01 Å². The zero-order chi connectivity index (χ0) is 9.26. The third-order valence-electron chi connectivity index (χ3n) is 1.55. The van der Waals surface area contributed by atoms with Crippen molar-refractivity contribution in [2.45, 2.75) is 0 Å². The van der Waals surface area contributed by atoms with E-state index in [1.807, 2.05) is 18.2 Å². The zero-order valence-corrected chi connectivity index (χ0v) is 7.52. The number of H-pyrrole nitrogens is 1. The minimum absolute atomic E-state index is 0.0765. The highest BCUT2D eigenvalue weighted by Gasteiger charge is 2.03. The fourth-order valence-electron chi connectivity index (χ4n) is 1.06. The van der Waals surface area contributed by atoms with Crippen LogP contribution in [0.1, 0.15) is 0 Å². The average Bonchev–Trinajstić information content (AvgIpc) is 2.44. The first-order valence-electron chi connectivity index (χ1n) is 3.61. The lowest BCUT2D eigenvalue weighted by Gasteiger charge is -1.92. The van der Waals surface area contributed by atoms with Gasteiger partial charge in [0, 0.05) is 0 Å². The van der Waals surface area contributed by atoms with E-state index >= 15 is 0 Å². The predicted octanol–water partition coefficient (Wildman–Crippen LogP) is 1.32. The molecule has 1 aromatic heterocycles. The zero-order valence-electron chi connectivity index (χ0n) is 6.52. The number of fused-ring (bicyclic) bond motifs is 1. The SMILES string of the molecule is O=[PH](O)Oc1nc2ccccc2[nH]1. The molecule has 0 saturated carbocycles. The molecule has 6 heteroatoms. The third-order valence-corrected chi connectivity index (χ3v) is 1.92. The molecule has 2 aromatic rings. The molecule has 0 aliphatic rings. The summed E-state index contributed by atoms with van der Waals surface area (Å²) in [6.45, 7) is 0. The Bertz CT molecular complexity index is 421. The summed E-state index contributed by atoms with van der Waals surface area (Å²) in [7, 11) is -2.98. The van der Waals surface area contributed by atoms with Gasteiger partial charge in [-0.25, -0.2) is 4.57 Å². The van der Waals surface area contributed by atoms with E-state index in [9.17, 15) is 4.57 Å². The number of para-hydroxylation sites is 2. The van der Waals surface area contributed by atoms with Crippen LogP contribution < -0.4 is 4.52 Å². The average molecular weight is 198 g/mol. The largest absolute Gasteiger partial charge is 0.393 e. The first-order valence-corrected chi connectivity index (χ1v) is 4.87. The highest BCUT2D eigenvalue weighted by molar-refractivity contribution is 7.32. The number of imidazole rings is 1. The first kappa shape index (κ1) is 8.29. The number of aromatic amines is 1. The molecule has 0 radical (unpaired) electrons. The Morgan fingerprint density at radius 1 is 1.46 bits per heavy atom. The Morgan fingerprint density at radius 3 is 2.92 bits per heavy atom. The second kappa shape index (κ2) is 3.20. The lowest BCUT2D eigenvalue weighted by atomic mass is 10.3. The van der Waals surface area contributed by atoms with Crippen molar-refractivity contribution >= 4 is 19.3 Å². The van der Waals surface area contributed by atoms with Crippen LogP contribution in [0, 0.1) is 0 Å². The number of benzene rings is 1. The Labute approximate surface area is 74.3 Å². The van der Waals surface area contributed by atoms with E-state index < -0.39 is 8.25 Å². The van der Waals surface area contributed by atoms with Gasteiger partial charge in [0.25, 0.3) is 0 Å². The normalized spacial score (nSPS) is 13.0. The summed E-state index contributed by atoms with van der Waals surface area (Å²) < 4.78 is 14.9. The molecule has 5 nitrogen and oxygen atoms in total. The standard InChI is InChI=1S/C7H7N2O3P/c10-13(11)12-7-8-5-3-1-2-4-6(5)9-7/h1-4,13H,(H,8,9)(H,10,11). The molecule has 0 aliphatic carbocycles. The van der Waals surface area contributed by atoms with Crippen molar-refractivity contribution in [3.05, 3.63) is 24.3 Å². The van der Waals surface area contributed by atoms with Gasteiger partial charge in [-0.1, -0.05) is 12.1 Å². The van der Waals surface area contributed by atoms with Crippen LogP contribution in [0.3, 0.4) is 0 Å². The molecule has 1 atom stereocenters. The predicted molar refractivity (Wildman–Crippen MR) is 47.9 cm³/mol. The van der Waals surface area contributed by atoms with Crippen LogP contribution in [-0.2, 0) is 4.57 Å². The van der Waals surface area contributed by atoms with Crippen LogP contribution in [0.25, 0.3) is 11.0 Å². The molecule has 1 heterocycles. The maximum absolute atomic E-state index is 10.3. The second-order valence-electron chi connectivity index (χ2n) is 2.43. The summed E-state index contributed by atoms with van der Waals surface area (Å²) in [6, 6.07) is 7.34. The van der Waals surface area contributed by atoms with E-state index in [0.717, 1.165) is 5.52 Å². The lowest BCUT2D eigenvalue weighted by molar-refractivity contribution is 0.399. The molecule has 0 fully saturated rings. The fourth-order valence-corrected chi connectivity index (χ4v) is 1.32. The Kier molecular flexibility index (Phi) is 2.04. The Hall–Kier alpha value is -1.32. The molecular formula is C7H7N2O3P. The van der Waals surface area contributed by atoms with E-state index in [0.29, 0.717) is 5.52 Å². The number of rotatable bonds is 2. The van der Waals surface area contributed by atoms with Gasteiger partial charge < -0.3 is 14.4 Å². The van der Waals surface area contributed by atoms with Crippen molar-refractivity contribution in [1.82, 2.24) is 9.97 Å². The van der Waals surface area contributed by atoms with Gasteiger partial charge in [-0.05, 0) is 12.1 Å². The van der Waals surface area contributed by atoms with Crippen LogP contribution >= 0.6 is 8.25 Å². The molecule has 2 rings (SSSR count). The minimum Gasteiger partial charge on any atom is -0.393 e. The number of nitrogens with one attached hydrogen (secondary N) is 1.